The van der Waals surface area contributed by atoms with Crippen LogP contribution in [0.1, 0.15) is 31.7 Å². The van der Waals surface area contributed by atoms with E-state index in [-0.39, 0.29) is 0 Å². The molecule has 120 valence electrons. The van der Waals surface area contributed by atoms with Gasteiger partial charge in [-0.15, -0.1) is 0 Å². The molecule has 6 heteroatoms. The number of nitrogens with one attached hydrogen (secondary N) is 1. The second-order valence-corrected chi connectivity index (χ2v) is 8.84. The topological polar surface area (TPSA) is 29.9 Å². The minimum Gasteiger partial charge on any atom is -0.315 e. The third-order valence-corrected chi connectivity index (χ3v) is 8.57. The smallest absolute Gasteiger partial charge is 0.0738 e. The SMILES string of the molecule is CCC1SCCSC1C(Cc1c(Br)c(C)nn1CC)NC. The van der Waals surface area contributed by atoms with Gasteiger partial charge in [-0.2, -0.15) is 28.6 Å². The molecule has 2 rings (SSSR count). The number of likely N-dealkylation sites (N-methyl/N-ethyl adjacent to an activating group) is 1. The number of aryl methyl sites for hydroxylation is 2. The van der Waals surface area contributed by atoms with E-state index in [2.05, 4.69) is 82.4 Å². The van der Waals surface area contributed by atoms with Gasteiger partial charge >= 0.3 is 0 Å². The van der Waals surface area contributed by atoms with E-state index in [1.54, 1.807) is 0 Å². The number of halogens is 1. The van der Waals surface area contributed by atoms with Crippen molar-refractivity contribution in [2.45, 2.75) is 56.7 Å². The molecule has 0 aromatic carbocycles. The highest BCUT2D eigenvalue weighted by molar-refractivity contribution is 9.10. The summed E-state index contributed by atoms with van der Waals surface area (Å²) in [7, 11) is 2.10. The lowest BCUT2D eigenvalue weighted by Gasteiger charge is -2.36. The van der Waals surface area contributed by atoms with Gasteiger partial charge in [0.1, 0.15) is 0 Å². The molecule has 0 saturated carbocycles. The normalized spacial score (nSPS) is 24.2. The van der Waals surface area contributed by atoms with Gasteiger partial charge in [0.05, 0.1) is 15.9 Å². The number of nitrogens with zero attached hydrogens (tertiary/aromatic N) is 2. The van der Waals surface area contributed by atoms with E-state index in [0.717, 1.165) is 23.9 Å². The molecule has 0 spiro atoms. The second kappa shape index (κ2) is 8.27. The van der Waals surface area contributed by atoms with Crippen molar-refractivity contribution in [2.75, 3.05) is 18.6 Å². The second-order valence-electron chi connectivity index (χ2n) is 5.41. The monoisotopic (exact) mass is 391 g/mol. The fourth-order valence-electron chi connectivity index (χ4n) is 2.97. The van der Waals surface area contributed by atoms with Gasteiger partial charge in [-0.05, 0) is 43.2 Å². The summed E-state index contributed by atoms with van der Waals surface area (Å²) in [5.74, 6) is 2.57. The molecule has 0 radical (unpaired) electrons. The first-order valence-electron chi connectivity index (χ1n) is 7.74. The van der Waals surface area contributed by atoms with Crippen LogP contribution >= 0.6 is 39.5 Å². The van der Waals surface area contributed by atoms with Crippen molar-refractivity contribution in [3.05, 3.63) is 15.9 Å². The van der Waals surface area contributed by atoms with Gasteiger partial charge in [0.15, 0.2) is 0 Å². The first kappa shape index (κ1) is 17.7. The van der Waals surface area contributed by atoms with Gasteiger partial charge in [0.2, 0.25) is 0 Å². The highest BCUT2D eigenvalue weighted by atomic mass is 79.9. The predicted molar refractivity (Wildman–Crippen MR) is 99.7 cm³/mol. The summed E-state index contributed by atoms with van der Waals surface area (Å²) in [6, 6.07) is 0.505. The minimum atomic E-state index is 0.505. The molecule has 0 amide bonds. The van der Waals surface area contributed by atoms with Crippen LogP contribution < -0.4 is 5.32 Å². The van der Waals surface area contributed by atoms with Gasteiger partial charge in [-0.1, -0.05) is 6.92 Å². The summed E-state index contributed by atoms with van der Waals surface area (Å²) in [5.41, 5.74) is 2.43. The van der Waals surface area contributed by atoms with E-state index in [9.17, 15) is 0 Å². The number of hydrogen-bond donors (Lipinski definition) is 1. The molecule has 21 heavy (non-hydrogen) atoms. The molecule has 1 aromatic rings. The lowest BCUT2D eigenvalue weighted by molar-refractivity contribution is 0.492. The molecule has 1 aliphatic rings. The maximum absolute atomic E-state index is 4.63. The Labute approximate surface area is 145 Å². The van der Waals surface area contributed by atoms with Gasteiger partial charge < -0.3 is 5.32 Å². The van der Waals surface area contributed by atoms with Crippen molar-refractivity contribution in [1.82, 2.24) is 15.1 Å². The zero-order chi connectivity index (χ0) is 15.4. The first-order valence-corrected chi connectivity index (χ1v) is 10.6. The lowest BCUT2D eigenvalue weighted by Crippen LogP contribution is -2.45. The molecular formula is C15H26BrN3S2. The third kappa shape index (κ3) is 4.01. The van der Waals surface area contributed by atoms with Crippen molar-refractivity contribution in [2.24, 2.45) is 0 Å². The largest absolute Gasteiger partial charge is 0.315 e. The van der Waals surface area contributed by atoms with Crippen LogP contribution in [0, 0.1) is 6.92 Å². The Hall–Kier alpha value is 0.350. The molecule has 3 nitrogen and oxygen atoms in total. The molecule has 1 saturated heterocycles. The zero-order valence-electron chi connectivity index (χ0n) is 13.4. The molecular weight excluding hydrogens is 366 g/mol. The van der Waals surface area contributed by atoms with Crippen LogP contribution in [-0.2, 0) is 13.0 Å². The highest BCUT2D eigenvalue weighted by Crippen LogP contribution is 2.36. The van der Waals surface area contributed by atoms with Gasteiger partial charge in [0, 0.05) is 41.0 Å². The fraction of sp³-hybridized carbons (Fsp3) is 0.800. The van der Waals surface area contributed by atoms with Crippen molar-refractivity contribution < 1.29 is 0 Å². The Bertz CT molecular complexity index is 464. The summed E-state index contributed by atoms with van der Waals surface area (Å²) in [6.07, 6.45) is 2.30. The third-order valence-electron chi connectivity index (χ3n) is 4.13. The summed E-state index contributed by atoms with van der Waals surface area (Å²) in [6.45, 7) is 7.49. The Morgan fingerprint density at radius 3 is 2.71 bits per heavy atom. The van der Waals surface area contributed by atoms with Crippen LogP contribution in [0.15, 0.2) is 4.47 Å². The minimum absolute atomic E-state index is 0.505. The first-order chi connectivity index (χ1) is 10.1. The Morgan fingerprint density at radius 2 is 2.10 bits per heavy atom. The van der Waals surface area contributed by atoms with Crippen LogP contribution in [-0.4, -0.2) is 44.9 Å². The van der Waals surface area contributed by atoms with E-state index < -0.39 is 0 Å². The van der Waals surface area contributed by atoms with E-state index in [4.69, 9.17) is 0 Å². The maximum atomic E-state index is 4.63. The Kier molecular flexibility index (Phi) is 6.97. The van der Waals surface area contributed by atoms with E-state index >= 15 is 0 Å². The van der Waals surface area contributed by atoms with E-state index in [0.29, 0.717) is 11.3 Å². The maximum Gasteiger partial charge on any atom is 0.0738 e. The summed E-state index contributed by atoms with van der Waals surface area (Å²) < 4.78 is 3.33. The van der Waals surface area contributed by atoms with Crippen molar-refractivity contribution in [1.29, 1.82) is 0 Å². The Morgan fingerprint density at radius 1 is 1.38 bits per heavy atom. The molecule has 1 fully saturated rings. The molecule has 1 aromatic heterocycles. The van der Waals surface area contributed by atoms with Crippen LogP contribution in [0.2, 0.25) is 0 Å². The number of rotatable bonds is 6. The molecule has 0 bridgehead atoms. The molecule has 2 heterocycles. The van der Waals surface area contributed by atoms with Crippen LogP contribution in [0.4, 0.5) is 0 Å². The molecule has 3 unspecified atom stereocenters. The fourth-order valence-corrected chi connectivity index (χ4v) is 6.71. The Balaban J connectivity index is 2.18. The van der Waals surface area contributed by atoms with Gasteiger partial charge in [-0.25, -0.2) is 0 Å². The van der Waals surface area contributed by atoms with Crippen LogP contribution in [0.5, 0.6) is 0 Å². The number of thioether (sulfide) groups is 2. The number of hydrogen-bond acceptors (Lipinski definition) is 4. The van der Waals surface area contributed by atoms with E-state index in [1.807, 2.05) is 0 Å². The summed E-state index contributed by atoms with van der Waals surface area (Å²) in [4.78, 5) is 0. The predicted octanol–water partition coefficient (Wildman–Crippen LogP) is 3.73. The zero-order valence-corrected chi connectivity index (χ0v) is 16.6. The molecule has 0 aliphatic carbocycles. The molecule has 3 atom stereocenters. The van der Waals surface area contributed by atoms with Crippen molar-refractivity contribution >= 4 is 39.5 Å². The molecule has 1 aliphatic heterocycles. The van der Waals surface area contributed by atoms with Crippen molar-refractivity contribution in [3.63, 3.8) is 0 Å². The lowest BCUT2D eigenvalue weighted by atomic mass is 10.0. The standard InChI is InChI=1S/C15H26BrN3S2/c1-5-13-15(21-8-7-20-13)11(17-4)9-12-14(16)10(3)18-19(12)6-2/h11,13,15,17H,5-9H2,1-4H3. The summed E-state index contributed by atoms with van der Waals surface area (Å²) in [5, 5.41) is 9.66. The van der Waals surface area contributed by atoms with Gasteiger partial charge in [0.25, 0.3) is 0 Å². The average Bonchev–Trinajstić information content (AvgIpc) is 2.79. The highest BCUT2D eigenvalue weighted by Gasteiger charge is 2.32. The van der Waals surface area contributed by atoms with Crippen LogP contribution in [0.25, 0.3) is 0 Å². The number of aromatic nitrogens is 2. The van der Waals surface area contributed by atoms with Crippen LogP contribution in [0.3, 0.4) is 0 Å². The summed E-state index contributed by atoms with van der Waals surface area (Å²) >= 11 is 8.03. The van der Waals surface area contributed by atoms with Crippen molar-refractivity contribution in [3.8, 4) is 0 Å². The van der Waals surface area contributed by atoms with E-state index in [1.165, 1.54) is 28.1 Å². The van der Waals surface area contributed by atoms with Gasteiger partial charge in [-0.3, -0.25) is 4.68 Å². The average molecular weight is 392 g/mol. The molecule has 1 N–H and O–H groups in total. The quantitative estimate of drug-likeness (QED) is 0.799.